The lowest BCUT2D eigenvalue weighted by molar-refractivity contribution is 0.223. The zero-order chi connectivity index (χ0) is 14.0. The molecule has 19 heavy (non-hydrogen) atoms. The van der Waals surface area contributed by atoms with E-state index < -0.39 is 0 Å². The number of aromatic nitrogens is 1. The molecule has 0 saturated heterocycles. The van der Waals surface area contributed by atoms with Crippen LogP contribution in [0.15, 0.2) is 0 Å². The Morgan fingerprint density at radius 2 is 1.95 bits per heavy atom. The molecule has 0 radical (unpaired) electrons. The first-order valence-corrected chi connectivity index (χ1v) is 8.55. The number of rotatable bonds is 5. The van der Waals surface area contributed by atoms with Crippen molar-refractivity contribution >= 4 is 11.3 Å². The summed E-state index contributed by atoms with van der Waals surface area (Å²) in [5.41, 5.74) is 1.40. The van der Waals surface area contributed by atoms with Gasteiger partial charge in [-0.1, -0.05) is 20.3 Å². The van der Waals surface area contributed by atoms with Crippen LogP contribution in [0.25, 0.3) is 0 Å². The lowest BCUT2D eigenvalue weighted by Gasteiger charge is -2.36. The zero-order valence-corrected chi connectivity index (χ0v) is 13.9. The van der Waals surface area contributed by atoms with Gasteiger partial charge in [0.25, 0.3) is 0 Å². The standard InChI is InChI=1S/C16H28N2S/c1-6-12(4)16(5,18-11(2)3)15-17-13-9-7-8-10-14(13)19-15/h11-12,18H,6-10H2,1-5H3. The van der Waals surface area contributed by atoms with Crippen LogP contribution in [0.1, 0.15) is 69.5 Å². The van der Waals surface area contributed by atoms with Gasteiger partial charge in [-0.15, -0.1) is 11.3 Å². The Bertz CT molecular complexity index is 401. The molecule has 1 aromatic rings. The van der Waals surface area contributed by atoms with E-state index in [1.807, 2.05) is 11.3 Å². The van der Waals surface area contributed by atoms with Gasteiger partial charge in [-0.05, 0) is 52.4 Å². The molecular weight excluding hydrogens is 252 g/mol. The van der Waals surface area contributed by atoms with Crippen molar-refractivity contribution in [2.24, 2.45) is 5.92 Å². The van der Waals surface area contributed by atoms with Gasteiger partial charge in [0, 0.05) is 10.9 Å². The molecule has 0 aromatic carbocycles. The third-order valence-corrected chi connectivity index (χ3v) is 5.87. The summed E-state index contributed by atoms with van der Waals surface area (Å²) in [7, 11) is 0. The van der Waals surface area contributed by atoms with Crippen molar-refractivity contribution in [1.82, 2.24) is 10.3 Å². The summed E-state index contributed by atoms with van der Waals surface area (Å²) in [6.07, 6.45) is 6.26. The maximum atomic E-state index is 5.00. The monoisotopic (exact) mass is 280 g/mol. The van der Waals surface area contributed by atoms with Crippen LogP contribution >= 0.6 is 11.3 Å². The molecule has 1 aromatic heterocycles. The molecule has 2 unspecified atom stereocenters. The van der Waals surface area contributed by atoms with E-state index in [2.05, 4.69) is 39.9 Å². The molecule has 0 saturated carbocycles. The van der Waals surface area contributed by atoms with Crippen LogP contribution in [0, 0.1) is 5.92 Å². The summed E-state index contributed by atoms with van der Waals surface area (Å²) in [5.74, 6) is 0.600. The predicted octanol–water partition coefficient (Wildman–Crippen LogP) is 4.28. The molecule has 1 aliphatic carbocycles. The highest BCUT2D eigenvalue weighted by Crippen LogP contribution is 2.37. The first-order chi connectivity index (χ1) is 8.97. The molecule has 0 spiro atoms. The molecule has 2 atom stereocenters. The van der Waals surface area contributed by atoms with Crippen LogP contribution < -0.4 is 5.32 Å². The second-order valence-electron chi connectivity index (χ2n) is 6.41. The fourth-order valence-electron chi connectivity index (χ4n) is 3.00. The molecule has 3 heteroatoms. The Hall–Kier alpha value is -0.410. The number of hydrogen-bond acceptors (Lipinski definition) is 3. The fourth-order valence-corrected chi connectivity index (χ4v) is 4.37. The predicted molar refractivity (Wildman–Crippen MR) is 83.8 cm³/mol. The molecule has 0 bridgehead atoms. The molecule has 2 rings (SSSR count). The minimum absolute atomic E-state index is 0.0188. The van der Waals surface area contributed by atoms with Crippen molar-refractivity contribution in [2.75, 3.05) is 0 Å². The Labute approximate surface area is 122 Å². The highest BCUT2D eigenvalue weighted by Gasteiger charge is 2.36. The molecular formula is C16H28N2S. The number of nitrogens with zero attached hydrogens (tertiary/aromatic N) is 1. The van der Waals surface area contributed by atoms with E-state index in [0.29, 0.717) is 12.0 Å². The van der Waals surface area contributed by atoms with E-state index >= 15 is 0 Å². The molecule has 2 nitrogen and oxygen atoms in total. The smallest absolute Gasteiger partial charge is 0.113 e. The SMILES string of the molecule is CCC(C)C(C)(NC(C)C)c1nc2c(s1)CCCC2. The average Bonchev–Trinajstić information content (AvgIpc) is 2.81. The van der Waals surface area contributed by atoms with Gasteiger partial charge in [0.1, 0.15) is 5.01 Å². The minimum Gasteiger partial charge on any atom is -0.303 e. The van der Waals surface area contributed by atoms with Gasteiger partial charge in [-0.25, -0.2) is 4.98 Å². The second-order valence-corrected chi connectivity index (χ2v) is 7.49. The maximum Gasteiger partial charge on any atom is 0.113 e. The Balaban J connectivity index is 2.34. The van der Waals surface area contributed by atoms with Crippen molar-refractivity contribution in [1.29, 1.82) is 0 Å². The van der Waals surface area contributed by atoms with Crippen LogP contribution in [0.3, 0.4) is 0 Å². The van der Waals surface area contributed by atoms with E-state index in [1.54, 1.807) is 4.88 Å². The largest absolute Gasteiger partial charge is 0.303 e. The third-order valence-electron chi connectivity index (χ3n) is 4.48. The summed E-state index contributed by atoms with van der Waals surface area (Å²) in [4.78, 5) is 6.54. The van der Waals surface area contributed by atoms with Crippen molar-refractivity contribution in [3.8, 4) is 0 Å². The number of nitrogens with one attached hydrogen (secondary N) is 1. The Kier molecular flexibility index (Phi) is 4.67. The summed E-state index contributed by atoms with van der Waals surface area (Å²) in [6, 6.07) is 0.486. The van der Waals surface area contributed by atoms with Gasteiger partial charge in [-0.2, -0.15) is 0 Å². The first-order valence-electron chi connectivity index (χ1n) is 7.74. The topological polar surface area (TPSA) is 24.9 Å². The van der Waals surface area contributed by atoms with Gasteiger partial charge in [0.2, 0.25) is 0 Å². The van der Waals surface area contributed by atoms with Crippen LogP contribution in [-0.4, -0.2) is 11.0 Å². The second kappa shape index (κ2) is 5.92. The van der Waals surface area contributed by atoms with Gasteiger partial charge in [0.05, 0.1) is 11.2 Å². The van der Waals surface area contributed by atoms with Gasteiger partial charge in [-0.3, -0.25) is 0 Å². The van der Waals surface area contributed by atoms with E-state index in [9.17, 15) is 0 Å². The molecule has 1 heterocycles. The number of aryl methyl sites for hydroxylation is 2. The van der Waals surface area contributed by atoms with Gasteiger partial charge in [0.15, 0.2) is 0 Å². The summed E-state index contributed by atoms with van der Waals surface area (Å²) >= 11 is 1.95. The van der Waals surface area contributed by atoms with E-state index in [-0.39, 0.29) is 5.54 Å². The quantitative estimate of drug-likeness (QED) is 0.870. The summed E-state index contributed by atoms with van der Waals surface area (Å²) in [6.45, 7) is 11.4. The number of hydrogen-bond donors (Lipinski definition) is 1. The molecule has 0 fully saturated rings. The Morgan fingerprint density at radius 3 is 2.53 bits per heavy atom. The zero-order valence-electron chi connectivity index (χ0n) is 13.0. The summed E-state index contributed by atoms with van der Waals surface area (Å²) < 4.78 is 0. The van der Waals surface area contributed by atoms with Gasteiger partial charge >= 0.3 is 0 Å². The highest BCUT2D eigenvalue weighted by atomic mass is 32.1. The minimum atomic E-state index is 0.0188. The third kappa shape index (κ3) is 3.03. The first kappa shape index (κ1) is 15.0. The molecule has 1 aliphatic rings. The molecule has 1 N–H and O–H groups in total. The molecule has 108 valence electrons. The lowest BCUT2D eigenvalue weighted by Crippen LogP contribution is -2.48. The Morgan fingerprint density at radius 1 is 1.26 bits per heavy atom. The van der Waals surface area contributed by atoms with Crippen LogP contribution in [-0.2, 0) is 18.4 Å². The maximum absolute atomic E-state index is 5.00. The van der Waals surface area contributed by atoms with Crippen molar-refractivity contribution in [2.45, 2.75) is 78.3 Å². The average molecular weight is 280 g/mol. The highest BCUT2D eigenvalue weighted by molar-refractivity contribution is 7.11. The van der Waals surface area contributed by atoms with E-state index in [4.69, 9.17) is 4.98 Å². The fraction of sp³-hybridized carbons (Fsp3) is 0.812. The van der Waals surface area contributed by atoms with Crippen molar-refractivity contribution in [3.63, 3.8) is 0 Å². The van der Waals surface area contributed by atoms with Crippen LogP contribution in [0.2, 0.25) is 0 Å². The number of thiazole rings is 1. The van der Waals surface area contributed by atoms with Crippen molar-refractivity contribution in [3.05, 3.63) is 15.6 Å². The summed E-state index contributed by atoms with van der Waals surface area (Å²) in [5, 5.41) is 5.09. The molecule has 0 aliphatic heterocycles. The number of fused-ring (bicyclic) bond motifs is 1. The normalized spacial score (nSPS) is 20.1. The molecule has 0 amide bonds. The van der Waals surface area contributed by atoms with Crippen LogP contribution in [0.4, 0.5) is 0 Å². The van der Waals surface area contributed by atoms with Crippen LogP contribution in [0.5, 0.6) is 0 Å². The lowest BCUT2D eigenvalue weighted by atomic mass is 9.85. The van der Waals surface area contributed by atoms with Gasteiger partial charge < -0.3 is 5.32 Å². The van der Waals surface area contributed by atoms with E-state index in [1.165, 1.54) is 42.8 Å². The van der Waals surface area contributed by atoms with E-state index in [0.717, 1.165) is 0 Å². The van der Waals surface area contributed by atoms with Crippen molar-refractivity contribution < 1.29 is 0 Å².